The standard InChI is InChI=1S/C9H11N3O/c1-6-7(2)10-12-5-4-11(3)9(13)8(6)12/h4-5H,1-3H3. The number of aryl methyl sites for hydroxylation is 3. The van der Waals surface area contributed by atoms with Crippen LogP contribution in [-0.4, -0.2) is 14.2 Å². The van der Waals surface area contributed by atoms with Crippen molar-refractivity contribution in [1.29, 1.82) is 0 Å². The molecule has 0 unspecified atom stereocenters. The summed E-state index contributed by atoms with van der Waals surface area (Å²) in [5.41, 5.74) is 2.53. The van der Waals surface area contributed by atoms with Gasteiger partial charge in [-0.15, -0.1) is 0 Å². The average Bonchev–Trinajstić information content (AvgIpc) is 2.37. The second kappa shape index (κ2) is 2.45. The summed E-state index contributed by atoms with van der Waals surface area (Å²) in [6, 6.07) is 0. The van der Waals surface area contributed by atoms with Gasteiger partial charge in [0.2, 0.25) is 0 Å². The van der Waals surface area contributed by atoms with Gasteiger partial charge in [0, 0.05) is 25.0 Å². The molecule has 2 aromatic heterocycles. The number of nitrogens with zero attached hydrogens (tertiary/aromatic N) is 3. The average molecular weight is 177 g/mol. The minimum Gasteiger partial charge on any atom is -0.315 e. The third-order valence-corrected chi connectivity index (χ3v) is 2.34. The maximum absolute atomic E-state index is 11.7. The Morgan fingerprint density at radius 2 is 2.00 bits per heavy atom. The van der Waals surface area contributed by atoms with Crippen molar-refractivity contribution in [2.24, 2.45) is 7.05 Å². The Balaban J connectivity index is 3.06. The van der Waals surface area contributed by atoms with E-state index in [-0.39, 0.29) is 5.56 Å². The highest BCUT2D eigenvalue weighted by Crippen LogP contribution is 2.08. The van der Waals surface area contributed by atoms with E-state index < -0.39 is 0 Å². The highest BCUT2D eigenvalue weighted by molar-refractivity contribution is 5.53. The van der Waals surface area contributed by atoms with E-state index >= 15 is 0 Å². The molecule has 0 aromatic carbocycles. The molecule has 0 atom stereocenters. The topological polar surface area (TPSA) is 39.3 Å². The Bertz CT molecular complexity index is 521. The first kappa shape index (κ1) is 8.04. The molecule has 68 valence electrons. The minimum atomic E-state index is 0.000556. The lowest BCUT2D eigenvalue weighted by Crippen LogP contribution is -2.18. The number of rotatable bonds is 0. The summed E-state index contributed by atoms with van der Waals surface area (Å²) in [5.74, 6) is 0. The zero-order valence-corrected chi connectivity index (χ0v) is 7.90. The van der Waals surface area contributed by atoms with Crippen LogP contribution in [0.15, 0.2) is 17.2 Å². The Morgan fingerprint density at radius 1 is 1.31 bits per heavy atom. The summed E-state index contributed by atoms with van der Waals surface area (Å²) in [5, 5.41) is 4.22. The number of fused-ring (bicyclic) bond motifs is 1. The Kier molecular flexibility index (Phi) is 1.52. The molecule has 0 aliphatic heterocycles. The molecule has 0 N–H and O–H groups in total. The van der Waals surface area contributed by atoms with Crippen molar-refractivity contribution < 1.29 is 0 Å². The van der Waals surface area contributed by atoms with Gasteiger partial charge in [-0.1, -0.05) is 0 Å². The molecule has 0 aliphatic rings. The summed E-state index contributed by atoms with van der Waals surface area (Å²) in [6.07, 6.45) is 3.50. The second-order valence-electron chi connectivity index (χ2n) is 3.22. The van der Waals surface area contributed by atoms with Crippen LogP contribution < -0.4 is 5.56 Å². The van der Waals surface area contributed by atoms with Crippen LogP contribution in [0.3, 0.4) is 0 Å². The molecule has 0 fully saturated rings. The van der Waals surface area contributed by atoms with Crippen LogP contribution in [0.1, 0.15) is 11.3 Å². The summed E-state index contributed by atoms with van der Waals surface area (Å²) in [7, 11) is 1.74. The van der Waals surface area contributed by atoms with E-state index in [1.54, 1.807) is 28.5 Å². The fraction of sp³-hybridized carbons (Fsp3) is 0.333. The fourth-order valence-corrected chi connectivity index (χ4v) is 1.39. The lowest BCUT2D eigenvalue weighted by molar-refractivity contribution is 0.816. The van der Waals surface area contributed by atoms with E-state index in [9.17, 15) is 4.79 Å². The molecule has 2 heterocycles. The van der Waals surface area contributed by atoms with Crippen molar-refractivity contribution >= 4 is 5.52 Å². The monoisotopic (exact) mass is 177 g/mol. The Morgan fingerprint density at radius 3 is 2.69 bits per heavy atom. The third-order valence-electron chi connectivity index (χ3n) is 2.34. The highest BCUT2D eigenvalue weighted by Gasteiger charge is 2.08. The second-order valence-corrected chi connectivity index (χ2v) is 3.22. The van der Waals surface area contributed by atoms with E-state index in [1.807, 2.05) is 13.8 Å². The molecule has 0 aliphatic carbocycles. The van der Waals surface area contributed by atoms with E-state index in [0.717, 1.165) is 11.3 Å². The van der Waals surface area contributed by atoms with E-state index in [1.165, 1.54) is 0 Å². The Hall–Kier alpha value is -1.58. The lowest BCUT2D eigenvalue weighted by Gasteiger charge is -1.97. The zero-order chi connectivity index (χ0) is 9.59. The third kappa shape index (κ3) is 0.983. The van der Waals surface area contributed by atoms with Crippen molar-refractivity contribution in [3.05, 3.63) is 34.0 Å². The number of hydrogen-bond acceptors (Lipinski definition) is 2. The van der Waals surface area contributed by atoms with Gasteiger partial charge in [0.1, 0.15) is 5.52 Å². The summed E-state index contributed by atoms with van der Waals surface area (Å²) in [4.78, 5) is 11.7. The molecule has 0 saturated carbocycles. The molecule has 2 aromatic rings. The molecule has 4 heteroatoms. The summed E-state index contributed by atoms with van der Waals surface area (Å²) < 4.78 is 3.19. The number of aromatic nitrogens is 3. The lowest BCUT2D eigenvalue weighted by atomic mass is 10.2. The molecule has 13 heavy (non-hydrogen) atoms. The molecule has 2 rings (SSSR count). The largest absolute Gasteiger partial charge is 0.315 e. The van der Waals surface area contributed by atoms with Gasteiger partial charge in [0.05, 0.1) is 5.69 Å². The first-order valence-electron chi connectivity index (χ1n) is 4.12. The van der Waals surface area contributed by atoms with Gasteiger partial charge in [0.15, 0.2) is 0 Å². The van der Waals surface area contributed by atoms with Crippen molar-refractivity contribution in [1.82, 2.24) is 14.2 Å². The normalized spacial score (nSPS) is 11.0. The first-order valence-corrected chi connectivity index (χ1v) is 4.12. The van der Waals surface area contributed by atoms with Gasteiger partial charge in [-0.2, -0.15) is 5.10 Å². The van der Waals surface area contributed by atoms with Gasteiger partial charge in [-0.05, 0) is 13.8 Å². The Labute approximate surface area is 75.4 Å². The van der Waals surface area contributed by atoms with Gasteiger partial charge >= 0.3 is 0 Å². The molecular formula is C9H11N3O. The van der Waals surface area contributed by atoms with Gasteiger partial charge in [-0.25, -0.2) is 4.52 Å². The predicted octanol–water partition coefficient (Wildman–Crippen LogP) is 0.650. The first-order chi connectivity index (χ1) is 6.11. The van der Waals surface area contributed by atoms with Crippen LogP contribution in [0.2, 0.25) is 0 Å². The van der Waals surface area contributed by atoms with Crippen LogP contribution in [0.25, 0.3) is 5.52 Å². The van der Waals surface area contributed by atoms with E-state index in [2.05, 4.69) is 5.10 Å². The smallest absolute Gasteiger partial charge is 0.276 e. The van der Waals surface area contributed by atoms with Crippen molar-refractivity contribution in [2.75, 3.05) is 0 Å². The van der Waals surface area contributed by atoms with Gasteiger partial charge < -0.3 is 4.57 Å². The van der Waals surface area contributed by atoms with Crippen molar-refractivity contribution in [3.63, 3.8) is 0 Å². The van der Waals surface area contributed by atoms with Gasteiger partial charge in [-0.3, -0.25) is 4.79 Å². The van der Waals surface area contributed by atoms with Crippen LogP contribution in [-0.2, 0) is 7.05 Å². The fourth-order valence-electron chi connectivity index (χ4n) is 1.39. The summed E-state index contributed by atoms with van der Waals surface area (Å²) in [6.45, 7) is 3.82. The van der Waals surface area contributed by atoms with Crippen molar-refractivity contribution in [3.8, 4) is 0 Å². The van der Waals surface area contributed by atoms with Crippen LogP contribution in [0.4, 0.5) is 0 Å². The quantitative estimate of drug-likeness (QED) is 0.592. The SMILES string of the molecule is Cc1nn2ccn(C)c(=O)c2c1C. The molecule has 0 spiro atoms. The maximum atomic E-state index is 11.7. The van der Waals surface area contributed by atoms with Crippen molar-refractivity contribution in [2.45, 2.75) is 13.8 Å². The van der Waals surface area contributed by atoms with E-state index in [0.29, 0.717) is 5.52 Å². The molecule has 0 bridgehead atoms. The molecule has 4 nitrogen and oxygen atoms in total. The summed E-state index contributed by atoms with van der Waals surface area (Å²) >= 11 is 0. The van der Waals surface area contributed by atoms with Crippen LogP contribution >= 0.6 is 0 Å². The zero-order valence-electron chi connectivity index (χ0n) is 7.90. The molecular weight excluding hydrogens is 166 g/mol. The van der Waals surface area contributed by atoms with Crippen LogP contribution in [0, 0.1) is 13.8 Å². The molecule has 0 radical (unpaired) electrons. The highest BCUT2D eigenvalue weighted by atomic mass is 16.1. The predicted molar refractivity (Wildman–Crippen MR) is 49.9 cm³/mol. The van der Waals surface area contributed by atoms with Gasteiger partial charge in [0.25, 0.3) is 5.56 Å². The number of hydrogen-bond donors (Lipinski definition) is 0. The molecule has 0 saturated heterocycles. The maximum Gasteiger partial charge on any atom is 0.276 e. The van der Waals surface area contributed by atoms with Crippen LogP contribution in [0.5, 0.6) is 0 Å². The minimum absolute atomic E-state index is 0.000556. The molecule has 0 amide bonds. The van der Waals surface area contributed by atoms with E-state index in [4.69, 9.17) is 0 Å².